The zero-order valence-electron chi connectivity index (χ0n) is 13.6. The Kier molecular flexibility index (Phi) is 4.83. The first-order valence-electron chi connectivity index (χ1n) is 8.05. The largest absolute Gasteiger partial charge is 0.351 e. The number of aromatic nitrogens is 4. The van der Waals surface area contributed by atoms with Crippen molar-refractivity contribution >= 4 is 11.8 Å². The molecule has 1 saturated heterocycles. The van der Waals surface area contributed by atoms with E-state index in [0.717, 1.165) is 25.2 Å². The van der Waals surface area contributed by atoms with Gasteiger partial charge in [-0.2, -0.15) is 0 Å². The van der Waals surface area contributed by atoms with Gasteiger partial charge in [0.25, 0.3) is 5.91 Å². The molecule has 1 aliphatic rings. The van der Waals surface area contributed by atoms with Crippen molar-refractivity contribution < 1.29 is 9.59 Å². The standard InChI is InChI=1S/C16H20N6O2/c1-12-17-8-11-22(12)14-6-5-13(19-20-14)16(24)18-7-3-10-21-9-2-4-15(21)23/h5-6,8,11H,2-4,7,9-10H2,1H3,(H,18,24). The second-order valence-corrected chi connectivity index (χ2v) is 5.72. The van der Waals surface area contributed by atoms with E-state index in [1.165, 1.54) is 0 Å². The van der Waals surface area contributed by atoms with Crippen molar-refractivity contribution in [3.05, 3.63) is 36.0 Å². The van der Waals surface area contributed by atoms with E-state index in [0.29, 0.717) is 25.3 Å². The third-order valence-corrected chi connectivity index (χ3v) is 4.02. The van der Waals surface area contributed by atoms with Gasteiger partial charge < -0.3 is 10.2 Å². The summed E-state index contributed by atoms with van der Waals surface area (Å²) in [5.41, 5.74) is 0.272. The Hall–Kier alpha value is -2.77. The summed E-state index contributed by atoms with van der Waals surface area (Å²) in [6.45, 7) is 3.89. The van der Waals surface area contributed by atoms with Crippen LogP contribution in [0.15, 0.2) is 24.5 Å². The van der Waals surface area contributed by atoms with Crippen molar-refractivity contribution in [2.24, 2.45) is 0 Å². The van der Waals surface area contributed by atoms with Gasteiger partial charge in [0.2, 0.25) is 5.91 Å². The molecule has 1 aliphatic heterocycles. The van der Waals surface area contributed by atoms with Crippen LogP contribution >= 0.6 is 0 Å². The van der Waals surface area contributed by atoms with Gasteiger partial charge in [-0.25, -0.2) is 4.98 Å². The first-order chi connectivity index (χ1) is 11.6. The highest BCUT2D eigenvalue weighted by Gasteiger charge is 2.19. The van der Waals surface area contributed by atoms with Crippen molar-refractivity contribution in [2.75, 3.05) is 19.6 Å². The van der Waals surface area contributed by atoms with Crippen LogP contribution in [-0.4, -0.2) is 56.1 Å². The number of imidazole rings is 1. The Bertz CT molecular complexity index is 724. The molecule has 0 aromatic carbocycles. The summed E-state index contributed by atoms with van der Waals surface area (Å²) < 4.78 is 1.79. The van der Waals surface area contributed by atoms with Crippen LogP contribution in [0.1, 0.15) is 35.6 Å². The molecule has 1 N–H and O–H groups in total. The molecule has 2 aromatic rings. The zero-order valence-corrected chi connectivity index (χ0v) is 13.6. The van der Waals surface area contributed by atoms with Gasteiger partial charge in [0.15, 0.2) is 11.5 Å². The molecule has 24 heavy (non-hydrogen) atoms. The Morgan fingerprint density at radius 3 is 2.83 bits per heavy atom. The summed E-state index contributed by atoms with van der Waals surface area (Å²) in [5, 5.41) is 10.8. The Morgan fingerprint density at radius 2 is 2.21 bits per heavy atom. The molecule has 3 rings (SSSR count). The van der Waals surface area contributed by atoms with E-state index in [4.69, 9.17) is 0 Å². The van der Waals surface area contributed by atoms with Gasteiger partial charge in [0.1, 0.15) is 5.82 Å². The minimum absolute atomic E-state index is 0.206. The molecule has 2 aromatic heterocycles. The van der Waals surface area contributed by atoms with Gasteiger partial charge in [0, 0.05) is 38.4 Å². The van der Waals surface area contributed by atoms with Crippen LogP contribution in [0.4, 0.5) is 0 Å². The third kappa shape index (κ3) is 3.58. The molecule has 8 heteroatoms. The minimum Gasteiger partial charge on any atom is -0.351 e. The molecule has 126 valence electrons. The number of nitrogens with one attached hydrogen (secondary N) is 1. The van der Waals surface area contributed by atoms with Crippen LogP contribution in [-0.2, 0) is 4.79 Å². The van der Waals surface area contributed by atoms with Crippen molar-refractivity contribution in [1.82, 2.24) is 30.0 Å². The fourth-order valence-electron chi connectivity index (χ4n) is 2.70. The quantitative estimate of drug-likeness (QED) is 0.789. The lowest BCUT2D eigenvalue weighted by atomic mass is 10.3. The molecule has 1 fully saturated rings. The Labute approximate surface area is 139 Å². The van der Waals surface area contributed by atoms with Crippen LogP contribution < -0.4 is 5.32 Å². The number of rotatable bonds is 6. The normalized spacial score (nSPS) is 14.2. The summed E-state index contributed by atoms with van der Waals surface area (Å²) >= 11 is 0. The lowest BCUT2D eigenvalue weighted by Gasteiger charge is -2.15. The fraction of sp³-hybridized carbons (Fsp3) is 0.438. The molecule has 3 heterocycles. The third-order valence-electron chi connectivity index (χ3n) is 4.02. The number of aryl methyl sites for hydroxylation is 1. The van der Waals surface area contributed by atoms with Crippen molar-refractivity contribution in [3.8, 4) is 5.82 Å². The topological polar surface area (TPSA) is 93.0 Å². The molecular formula is C16H20N6O2. The highest BCUT2D eigenvalue weighted by atomic mass is 16.2. The summed E-state index contributed by atoms with van der Waals surface area (Å²) in [6.07, 6.45) is 5.78. The lowest BCUT2D eigenvalue weighted by Crippen LogP contribution is -2.31. The second kappa shape index (κ2) is 7.20. The average Bonchev–Trinajstić information content (AvgIpc) is 3.20. The van der Waals surface area contributed by atoms with Gasteiger partial charge in [-0.1, -0.05) is 0 Å². The fourth-order valence-corrected chi connectivity index (χ4v) is 2.70. The molecule has 0 atom stereocenters. The molecule has 0 radical (unpaired) electrons. The summed E-state index contributed by atoms with van der Waals surface area (Å²) in [6, 6.07) is 3.38. The number of carbonyl (C=O) groups excluding carboxylic acids is 2. The number of hydrogen-bond donors (Lipinski definition) is 1. The number of carbonyl (C=O) groups is 2. The van der Waals surface area contributed by atoms with E-state index in [1.54, 1.807) is 29.1 Å². The highest BCUT2D eigenvalue weighted by Crippen LogP contribution is 2.09. The van der Waals surface area contributed by atoms with E-state index >= 15 is 0 Å². The maximum Gasteiger partial charge on any atom is 0.271 e. The lowest BCUT2D eigenvalue weighted by molar-refractivity contribution is -0.127. The molecule has 8 nitrogen and oxygen atoms in total. The SMILES string of the molecule is Cc1nccn1-c1ccc(C(=O)NCCCN2CCCC2=O)nn1. The maximum absolute atomic E-state index is 12.1. The minimum atomic E-state index is -0.260. The predicted octanol–water partition coefficient (Wildman–Crippen LogP) is 0.713. The molecule has 0 saturated carbocycles. The number of likely N-dealkylation sites (tertiary alicyclic amines) is 1. The van der Waals surface area contributed by atoms with Gasteiger partial charge in [-0.05, 0) is 31.9 Å². The molecular weight excluding hydrogens is 308 g/mol. The number of hydrogen-bond acceptors (Lipinski definition) is 5. The van der Waals surface area contributed by atoms with Crippen LogP contribution in [0.25, 0.3) is 5.82 Å². The first kappa shape index (κ1) is 16.1. The summed E-state index contributed by atoms with van der Waals surface area (Å²) in [5.74, 6) is 1.37. The van der Waals surface area contributed by atoms with E-state index in [1.807, 2.05) is 11.8 Å². The second-order valence-electron chi connectivity index (χ2n) is 5.72. The molecule has 0 unspecified atom stereocenters. The van der Waals surface area contributed by atoms with Crippen molar-refractivity contribution in [1.29, 1.82) is 0 Å². The summed E-state index contributed by atoms with van der Waals surface area (Å²) in [4.78, 5) is 29.5. The Morgan fingerprint density at radius 1 is 1.33 bits per heavy atom. The first-order valence-corrected chi connectivity index (χ1v) is 8.05. The van der Waals surface area contributed by atoms with Crippen LogP contribution in [0.5, 0.6) is 0 Å². The van der Waals surface area contributed by atoms with Crippen LogP contribution in [0, 0.1) is 6.92 Å². The number of amides is 2. The molecule has 0 aliphatic carbocycles. The average molecular weight is 328 g/mol. The van der Waals surface area contributed by atoms with Crippen molar-refractivity contribution in [3.63, 3.8) is 0 Å². The molecule has 0 spiro atoms. The number of nitrogens with zero attached hydrogens (tertiary/aromatic N) is 5. The Balaban J connectivity index is 1.48. The monoisotopic (exact) mass is 328 g/mol. The van der Waals surface area contributed by atoms with Crippen LogP contribution in [0.3, 0.4) is 0 Å². The maximum atomic E-state index is 12.1. The predicted molar refractivity (Wildman–Crippen MR) is 86.7 cm³/mol. The van der Waals surface area contributed by atoms with Gasteiger partial charge in [-0.15, -0.1) is 10.2 Å². The van der Waals surface area contributed by atoms with Crippen LogP contribution in [0.2, 0.25) is 0 Å². The van der Waals surface area contributed by atoms with Crippen molar-refractivity contribution in [2.45, 2.75) is 26.2 Å². The molecule has 0 bridgehead atoms. The zero-order chi connectivity index (χ0) is 16.9. The van der Waals surface area contributed by atoms with E-state index in [-0.39, 0.29) is 17.5 Å². The van der Waals surface area contributed by atoms with E-state index in [9.17, 15) is 9.59 Å². The smallest absolute Gasteiger partial charge is 0.271 e. The van der Waals surface area contributed by atoms with Gasteiger partial charge in [-0.3, -0.25) is 14.2 Å². The van der Waals surface area contributed by atoms with Gasteiger partial charge >= 0.3 is 0 Å². The van der Waals surface area contributed by atoms with Gasteiger partial charge in [0.05, 0.1) is 0 Å². The molecule has 2 amide bonds. The highest BCUT2D eigenvalue weighted by molar-refractivity contribution is 5.92. The summed E-state index contributed by atoms with van der Waals surface area (Å²) in [7, 11) is 0. The van der Waals surface area contributed by atoms with E-state index in [2.05, 4.69) is 20.5 Å². The van der Waals surface area contributed by atoms with E-state index < -0.39 is 0 Å².